The lowest BCUT2D eigenvalue weighted by Crippen LogP contribution is -2.43. The number of carboxylic acids is 1. The first-order valence-electron chi connectivity index (χ1n) is 7.55. The molecule has 1 unspecified atom stereocenters. The predicted molar refractivity (Wildman–Crippen MR) is 84.7 cm³/mol. The molecule has 1 aromatic carbocycles. The molecule has 0 aromatic heterocycles. The van der Waals surface area contributed by atoms with Crippen LogP contribution in [0.1, 0.15) is 32.3 Å². The van der Waals surface area contributed by atoms with Crippen molar-refractivity contribution in [3.63, 3.8) is 0 Å². The molecule has 1 amide bonds. The van der Waals surface area contributed by atoms with E-state index < -0.39 is 12.0 Å². The summed E-state index contributed by atoms with van der Waals surface area (Å²) in [5.74, 6) is -1.16. The molecule has 0 spiro atoms. The fraction of sp³-hybridized carbons (Fsp3) is 0.529. The molecule has 0 aliphatic heterocycles. The van der Waals surface area contributed by atoms with E-state index in [0.717, 1.165) is 5.56 Å². The maximum atomic E-state index is 12.1. The number of amides is 1. The zero-order chi connectivity index (χ0) is 16.5. The van der Waals surface area contributed by atoms with Crippen LogP contribution in [0.25, 0.3) is 0 Å². The van der Waals surface area contributed by atoms with Gasteiger partial charge >= 0.3 is 5.97 Å². The summed E-state index contributed by atoms with van der Waals surface area (Å²) in [5, 5.41) is 9.38. The van der Waals surface area contributed by atoms with Crippen LogP contribution in [0.5, 0.6) is 0 Å². The number of rotatable bonds is 9. The summed E-state index contributed by atoms with van der Waals surface area (Å²) < 4.78 is 5.39. The normalized spacial score (nSPS) is 12.2. The monoisotopic (exact) mass is 307 g/mol. The van der Waals surface area contributed by atoms with Gasteiger partial charge in [-0.15, -0.1) is 0 Å². The van der Waals surface area contributed by atoms with Gasteiger partial charge in [0, 0.05) is 26.5 Å². The number of hydrogen-bond acceptors (Lipinski definition) is 3. The average molecular weight is 307 g/mol. The Morgan fingerprint density at radius 2 is 1.86 bits per heavy atom. The Morgan fingerprint density at radius 1 is 1.23 bits per heavy atom. The Kier molecular flexibility index (Phi) is 7.60. The van der Waals surface area contributed by atoms with Crippen LogP contribution in [0.4, 0.5) is 0 Å². The number of carbonyl (C=O) groups is 2. The Bertz CT molecular complexity index is 473. The summed E-state index contributed by atoms with van der Waals surface area (Å²) in [7, 11) is 1.55. The Balaban J connectivity index is 2.55. The highest BCUT2D eigenvalue weighted by Gasteiger charge is 2.26. The predicted octanol–water partition coefficient (Wildman–Crippen LogP) is 2.35. The van der Waals surface area contributed by atoms with E-state index in [-0.39, 0.29) is 12.0 Å². The van der Waals surface area contributed by atoms with Crippen molar-refractivity contribution >= 4 is 11.9 Å². The van der Waals surface area contributed by atoms with Gasteiger partial charge in [-0.05, 0) is 25.8 Å². The van der Waals surface area contributed by atoms with Crippen LogP contribution in [-0.2, 0) is 20.7 Å². The second-order valence-corrected chi connectivity index (χ2v) is 5.57. The molecule has 1 atom stereocenters. The third kappa shape index (κ3) is 6.26. The van der Waals surface area contributed by atoms with Crippen LogP contribution < -0.4 is 0 Å². The van der Waals surface area contributed by atoms with Crippen molar-refractivity contribution in [2.24, 2.45) is 0 Å². The molecule has 1 rings (SSSR count). The number of benzene rings is 1. The van der Waals surface area contributed by atoms with Crippen molar-refractivity contribution in [1.29, 1.82) is 0 Å². The van der Waals surface area contributed by atoms with E-state index >= 15 is 0 Å². The van der Waals surface area contributed by atoms with Crippen LogP contribution in [0.3, 0.4) is 0 Å². The standard InChI is InChI=1S/C17H25NO4/c1-13(2)22-11-7-10-16(19)18(3)15(17(20)21)12-14-8-5-4-6-9-14/h4-6,8-9,13,15H,7,10-12H2,1-3H3,(H,20,21). The minimum absolute atomic E-state index is 0.137. The van der Waals surface area contributed by atoms with E-state index in [0.29, 0.717) is 25.9 Å². The van der Waals surface area contributed by atoms with Gasteiger partial charge in [0.15, 0.2) is 0 Å². The van der Waals surface area contributed by atoms with Crippen LogP contribution >= 0.6 is 0 Å². The third-order valence-corrected chi connectivity index (χ3v) is 3.40. The first-order chi connectivity index (χ1) is 10.4. The van der Waals surface area contributed by atoms with E-state index in [2.05, 4.69) is 0 Å². The molecule has 0 bridgehead atoms. The molecule has 0 radical (unpaired) electrons. The van der Waals surface area contributed by atoms with Gasteiger partial charge in [-0.3, -0.25) is 4.79 Å². The molecular formula is C17H25NO4. The minimum atomic E-state index is -0.988. The van der Waals surface area contributed by atoms with Gasteiger partial charge in [-0.2, -0.15) is 0 Å². The van der Waals surface area contributed by atoms with Gasteiger partial charge < -0.3 is 14.7 Å². The molecule has 0 saturated carbocycles. The molecule has 122 valence electrons. The fourth-order valence-electron chi connectivity index (χ4n) is 2.12. The quantitative estimate of drug-likeness (QED) is 0.711. The molecule has 5 nitrogen and oxygen atoms in total. The maximum absolute atomic E-state index is 12.1. The third-order valence-electron chi connectivity index (χ3n) is 3.40. The molecule has 0 aliphatic carbocycles. The van der Waals surface area contributed by atoms with Crippen LogP contribution in [-0.4, -0.2) is 47.7 Å². The number of carbonyl (C=O) groups excluding carboxylic acids is 1. The highest BCUT2D eigenvalue weighted by atomic mass is 16.5. The highest BCUT2D eigenvalue weighted by Crippen LogP contribution is 2.10. The molecule has 0 heterocycles. The van der Waals surface area contributed by atoms with Gasteiger partial charge in [0.1, 0.15) is 6.04 Å². The summed E-state index contributed by atoms with van der Waals surface area (Å²) in [6, 6.07) is 8.48. The van der Waals surface area contributed by atoms with Crippen LogP contribution in [0.15, 0.2) is 30.3 Å². The van der Waals surface area contributed by atoms with Crippen molar-refractivity contribution in [3.8, 4) is 0 Å². The largest absolute Gasteiger partial charge is 0.480 e. The van der Waals surface area contributed by atoms with Crippen molar-refractivity contribution in [3.05, 3.63) is 35.9 Å². The Morgan fingerprint density at radius 3 is 2.41 bits per heavy atom. The van der Waals surface area contributed by atoms with Gasteiger partial charge in [0.05, 0.1) is 6.10 Å². The summed E-state index contributed by atoms with van der Waals surface area (Å²) in [6.07, 6.45) is 1.33. The van der Waals surface area contributed by atoms with Crippen molar-refractivity contribution in [2.75, 3.05) is 13.7 Å². The second kappa shape index (κ2) is 9.20. The average Bonchev–Trinajstić information content (AvgIpc) is 2.48. The molecule has 5 heteroatoms. The zero-order valence-corrected chi connectivity index (χ0v) is 13.5. The summed E-state index contributed by atoms with van der Waals surface area (Å²) >= 11 is 0. The number of ether oxygens (including phenoxy) is 1. The lowest BCUT2D eigenvalue weighted by Gasteiger charge is -2.25. The second-order valence-electron chi connectivity index (χ2n) is 5.57. The summed E-state index contributed by atoms with van der Waals surface area (Å²) in [6.45, 7) is 4.39. The smallest absolute Gasteiger partial charge is 0.326 e. The fourth-order valence-corrected chi connectivity index (χ4v) is 2.12. The number of aliphatic carboxylic acids is 1. The molecule has 22 heavy (non-hydrogen) atoms. The highest BCUT2D eigenvalue weighted by molar-refractivity contribution is 5.83. The number of nitrogens with zero attached hydrogens (tertiary/aromatic N) is 1. The first-order valence-corrected chi connectivity index (χ1v) is 7.55. The Labute approximate surface area is 131 Å². The summed E-state index contributed by atoms with van der Waals surface area (Å²) in [4.78, 5) is 24.9. The number of hydrogen-bond donors (Lipinski definition) is 1. The molecule has 0 aliphatic rings. The molecule has 1 aromatic rings. The van der Waals surface area contributed by atoms with Gasteiger partial charge in [0.2, 0.25) is 5.91 Å². The van der Waals surface area contributed by atoms with E-state index in [4.69, 9.17) is 4.74 Å². The van der Waals surface area contributed by atoms with Gasteiger partial charge in [-0.1, -0.05) is 30.3 Å². The number of carboxylic acid groups (broad SMARTS) is 1. The molecule has 0 saturated heterocycles. The van der Waals surface area contributed by atoms with E-state index in [1.54, 1.807) is 7.05 Å². The number of likely N-dealkylation sites (N-methyl/N-ethyl adjacent to an activating group) is 1. The lowest BCUT2D eigenvalue weighted by molar-refractivity contribution is -0.149. The van der Waals surface area contributed by atoms with Gasteiger partial charge in [-0.25, -0.2) is 4.79 Å². The summed E-state index contributed by atoms with van der Waals surface area (Å²) in [5.41, 5.74) is 0.901. The van der Waals surface area contributed by atoms with E-state index in [1.807, 2.05) is 44.2 Å². The SMILES string of the molecule is CC(C)OCCCC(=O)N(C)C(Cc1ccccc1)C(=O)O. The minimum Gasteiger partial charge on any atom is -0.480 e. The molecule has 0 fully saturated rings. The van der Waals surface area contributed by atoms with Crippen molar-refractivity contribution < 1.29 is 19.4 Å². The maximum Gasteiger partial charge on any atom is 0.326 e. The van der Waals surface area contributed by atoms with Crippen molar-refractivity contribution in [1.82, 2.24) is 4.90 Å². The van der Waals surface area contributed by atoms with E-state index in [1.165, 1.54) is 4.90 Å². The van der Waals surface area contributed by atoms with Crippen LogP contribution in [0.2, 0.25) is 0 Å². The van der Waals surface area contributed by atoms with Crippen molar-refractivity contribution in [2.45, 2.75) is 45.3 Å². The molecule has 1 N–H and O–H groups in total. The lowest BCUT2D eigenvalue weighted by atomic mass is 10.0. The van der Waals surface area contributed by atoms with E-state index in [9.17, 15) is 14.7 Å². The Hall–Kier alpha value is -1.88. The topological polar surface area (TPSA) is 66.8 Å². The first kappa shape index (κ1) is 18.2. The van der Waals surface area contributed by atoms with Gasteiger partial charge in [0.25, 0.3) is 0 Å². The molecular weight excluding hydrogens is 282 g/mol. The van der Waals surface area contributed by atoms with Crippen LogP contribution in [0, 0.1) is 0 Å². The zero-order valence-electron chi connectivity index (χ0n) is 13.5.